The third kappa shape index (κ3) is 4.72. The van der Waals surface area contributed by atoms with Gasteiger partial charge in [-0.15, -0.1) is 0 Å². The number of halogens is 3. The lowest BCUT2D eigenvalue weighted by Gasteiger charge is -2.36. The Morgan fingerprint density at radius 3 is 2.48 bits per heavy atom. The van der Waals surface area contributed by atoms with E-state index in [2.05, 4.69) is 17.4 Å². The molecule has 1 N–H and O–H groups in total. The lowest BCUT2D eigenvalue weighted by molar-refractivity contribution is -0.137. The zero-order chi connectivity index (χ0) is 20.4. The highest BCUT2D eigenvalue weighted by Crippen LogP contribution is 2.32. The summed E-state index contributed by atoms with van der Waals surface area (Å²) in [6.45, 7) is 2.73. The summed E-state index contributed by atoms with van der Waals surface area (Å²) in [6, 6.07) is 11.5. The Balaban J connectivity index is 1.29. The largest absolute Gasteiger partial charge is 0.416 e. The number of nitrogens with one attached hydrogen (secondary N) is 1. The smallest absolute Gasteiger partial charge is 0.369 e. The third-order valence-electron chi connectivity index (χ3n) is 5.66. The second-order valence-corrected chi connectivity index (χ2v) is 7.70. The van der Waals surface area contributed by atoms with Crippen LogP contribution in [0.4, 0.5) is 24.5 Å². The van der Waals surface area contributed by atoms with Gasteiger partial charge in [-0.05, 0) is 60.7 Å². The van der Waals surface area contributed by atoms with Crippen LogP contribution in [-0.2, 0) is 23.8 Å². The summed E-state index contributed by atoms with van der Waals surface area (Å²) in [7, 11) is 0. The zero-order valence-corrected chi connectivity index (χ0v) is 16.1. The Morgan fingerprint density at radius 2 is 1.72 bits per heavy atom. The minimum Gasteiger partial charge on any atom is -0.369 e. The van der Waals surface area contributed by atoms with Crippen LogP contribution in [0.1, 0.15) is 23.1 Å². The van der Waals surface area contributed by atoms with Crippen LogP contribution in [-0.4, -0.2) is 43.5 Å². The molecule has 0 atom stereocenters. The second-order valence-electron chi connectivity index (χ2n) is 7.70. The van der Waals surface area contributed by atoms with Crippen molar-refractivity contribution in [2.45, 2.75) is 25.4 Å². The highest BCUT2D eigenvalue weighted by atomic mass is 19.4. The lowest BCUT2D eigenvalue weighted by atomic mass is 10.1. The van der Waals surface area contributed by atoms with Crippen molar-refractivity contribution in [1.82, 2.24) is 4.90 Å². The van der Waals surface area contributed by atoms with E-state index in [9.17, 15) is 18.0 Å². The number of benzene rings is 2. The molecule has 1 amide bonds. The van der Waals surface area contributed by atoms with Crippen LogP contribution in [0.25, 0.3) is 0 Å². The predicted octanol–water partition coefficient (Wildman–Crippen LogP) is 3.95. The van der Waals surface area contributed by atoms with E-state index in [1.165, 1.54) is 29.7 Å². The van der Waals surface area contributed by atoms with Crippen LogP contribution in [0.3, 0.4) is 0 Å². The van der Waals surface area contributed by atoms with E-state index in [-0.39, 0.29) is 12.5 Å². The van der Waals surface area contributed by atoms with Crippen molar-refractivity contribution in [3.63, 3.8) is 0 Å². The summed E-state index contributed by atoms with van der Waals surface area (Å²) in [6.07, 6.45) is -0.993. The van der Waals surface area contributed by atoms with Crippen LogP contribution in [0.15, 0.2) is 42.5 Å². The van der Waals surface area contributed by atoms with Crippen LogP contribution in [0.2, 0.25) is 0 Å². The quantitative estimate of drug-likeness (QED) is 0.840. The lowest BCUT2D eigenvalue weighted by Crippen LogP contribution is -2.48. The molecule has 2 aliphatic rings. The Bertz CT molecular complexity index is 889. The molecule has 154 valence electrons. The van der Waals surface area contributed by atoms with E-state index < -0.39 is 11.7 Å². The number of aryl methyl sites for hydroxylation is 2. The van der Waals surface area contributed by atoms with Crippen LogP contribution in [0, 0.1) is 0 Å². The number of hydrogen-bond acceptors (Lipinski definition) is 3. The fourth-order valence-electron chi connectivity index (χ4n) is 4.10. The third-order valence-corrected chi connectivity index (χ3v) is 5.66. The fourth-order valence-corrected chi connectivity index (χ4v) is 4.10. The van der Waals surface area contributed by atoms with Crippen molar-refractivity contribution < 1.29 is 18.0 Å². The first kappa shape index (κ1) is 19.8. The van der Waals surface area contributed by atoms with E-state index in [0.29, 0.717) is 31.9 Å². The van der Waals surface area contributed by atoms with Gasteiger partial charge < -0.3 is 10.2 Å². The minimum absolute atomic E-state index is 0.0598. The monoisotopic (exact) mass is 403 g/mol. The second kappa shape index (κ2) is 8.06. The van der Waals surface area contributed by atoms with Crippen molar-refractivity contribution in [2.24, 2.45) is 0 Å². The molecular formula is C22H24F3N3O. The number of piperazine rings is 1. The molecule has 1 aliphatic carbocycles. The van der Waals surface area contributed by atoms with Gasteiger partial charge in [0.1, 0.15) is 0 Å². The standard InChI is InChI=1S/C22H24F3N3O/c23-22(24,25)18-5-2-6-20(14-18)28-11-9-27(10-12-28)15-21(29)26-19-8-7-16-3-1-4-17(16)13-19/h2,5-8,13-14H,1,3-4,9-12,15H2,(H,26,29). The van der Waals surface area contributed by atoms with Crippen molar-refractivity contribution >= 4 is 17.3 Å². The molecule has 29 heavy (non-hydrogen) atoms. The van der Waals surface area contributed by atoms with Crippen molar-refractivity contribution in [1.29, 1.82) is 0 Å². The number of carbonyl (C=O) groups excluding carboxylic acids is 1. The average Bonchev–Trinajstić information content (AvgIpc) is 3.16. The molecule has 0 bridgehead atoms. The molecule has 1 fully saturated rings. The Morgan fingerprint density at radius 1 is 0.966 bits per heavy atom. The predicted molar refractivity (Wildman–Crippen MR) is 107 cm³/mol. The van der Waals surface area contributed by atoms with Gasteiger partial charge in [0.25, 0.3) is 0 Å². The molecule has 0 spiro atoms. The Labute approximate surface area is 168 Å². The maximum absolute atomic E-state index is 12.9. The van der Waals surface area contributed by atoms with Gasteiger partial charge >= 0.3 is 6.18 Å². The molecule has 0 unspecified atom stereocenters. The van der Waals surface area contributed by atoms with Gasteiger partial charge in [0.15, 0.2) is 0 Å². The number of amides is 1. The summed E-state index contributed by atoms with van der Waals surface area (Å²) in [5.74, 6) is -0.0598. The number of anilines is 2. The van der Waals surface area contributed by atoms with Gasteiger partial charge in [0.2, 0.25) is 5.91 Å². The normalized spacial score (nSPS) is 17.3. The Hall–Kier alpha value is -2.54. The van der Waals surface area contributed by atoms with Gasteiger partial charge in [0, 0.05) is 37.6 Å². The molecule has 0 radical (unpaired) electrons. The summed E-state index contributed by atoms with van der Waals surface area (Å²) in [5.41, 5.74) is 3.46. The van der Waals surface area contributed by atoms with E-state index in [4.69, 9.17) is 0 Å². The first-order valence-electron chi connectivity index (χ1n) is 9.95. The summed E-state index contributed by atoms with van der Waals surface area (Å²) in [4.78, 5) is 16.4. The van der Waals surface area contributed by atoms with Gasteiger partial charge in [-0.2, -0.15) is 13.2 Å². The summed E-state index contributed by atoms with van der Waals surface area (Å²) < 4.78 is 38.8. The molecule has 4 rings (SSSR count). The summed E-state index contributed by atoms with van der Waals surface area (Å²) >= 11 is 0. The fraction of sp³-hybridized carbons (Fsp3) is 0.409. The maximum atomic E-state index is 12.9. The number of carbonyl (C=O) groups is 1. The van der Waals surface area contributed by atoms with E-state index >= 15 is 0 Å². The maximum Gasteiger partial charge on any atom is 0.416 e. The molecule has 7 heteroatoms. The van der Waals surface area contributed by atoms with Crippen LogP contribution < -0.4 is 10.2 Å². The molecular weight excluding hydrogens is 379 g/mol. The first-order valence-corrected chi connectivity index (χ1v) is 9.95. The number of nitrogens with zero attached hydrogens (tertiary/aromatic N) is 2. The van der Waals surface area contributed by atoms with Crippen molar-refractivity contribution in [3.8, 4) is 0 Å². The summed E-state index contributed by atoms with van der Waals surface area (Å²) in [5, 5.41) is 2.97. The van der Waals surface area contributed by atoms with Gasteiger partial charge in [-0.3, -0.25) is 9.69 Å². The van der Waals surface area contributed by atoms with E-state index in [1.807, 2.05) is 15.9 Å². The number of fused-ring (bicyclic) bond motifs is 1. The minimum atomic E-state index is -4.34. The van der Waals surface area contributed by atoms with Crippen molar-refractivity contribution in [2.75, 3.05) is 42.9 Å². The molecule has 1 saturated heterocycles. The average molecular weight is 403 g/mol. The number of alkyl halides is 3. The topological polar surface area (TPSA) is 35.6 Å². The molecule has 2 aromatic carbocycles. The molecule has 2 aromatic rings. The van der Waals surface area contributed by atoms with Gasteiger partial charge in [-0.25, -0.2) is 0 Å². The van der Waals surface area contributed by atoms with Gasteiger partial charge in [0.05, 0.1) is 12.1 Å². The van der Waals surface area contributed by atoms with E-state index in [1.54, 1.807) is 6.07 Å². The van der Waals surface area contributed by atoms with Gasteiger partial charge in [-0.1, -0.05) is 12.1 Å². The van der Waals surface area contributed by atoms with Crippen molar-refractivity contribution in [3.05, 3.63) is 59.2 Å². The molecule has 0 aromatic heterocycles. The zero-order valence-electron chi connectivity index (χ0n) is 16.1. The van der Waals surface area contributed by atoms with E-state index in [0.717, 1.165) is 24.6 Å². The van der Waals surface area contributed by atoms with Crippen LogP contribution in [0.5, 0.6) is 0 Å². The molecule has 0 saturated carbocycles. The highest BCUT2D eigenvalue weighted by Gasteiger charge is 2.31. The molecule has 1 heterocycles. The SMILES string of the molecule is O=C(CN1CCN(c2cccc(C(F)(F)F)c2)CC1)Nc1ccc2c(c1)CCC2. The molecule has 4 nitrogen and oxygen atoms in total. The number of rotatable bonds is 4. The Kier molecular flexibility index (Phi) is 5.50. The highest BCUT2D eigenvalue weighted by molar-refractivity contribution is 5.92. The number of hydrogen-bond donors (Lipinski definition) is 1. The van der Waals surface area contributed by atoms with Crippen LogP contribution >= 0.6 is 0 Å². The first-order chi connectivity index (χ1) is 13.9. The molecule has 1 aliphatic heterocycles.